The molecule has 0 unspecified atom stereocenters. The minimum atomic E-state index is -0.0861. The van der Waals surface area contributed by atoms with Crippen LogP contribution in [0.2, 0.25) is 0 Å². The lowest BCUT2D eigenvalue weighted by Gasteiger charge is -2.13. The summed E-state index contributed by atoms with van der Waals surface area (Å²) in [6.07, 6.45) is 4.16. The van der Waals surface area contributed by atoms with E-state index in [1.165, 1.54) is 0 Å². The first kappa shape index (κ1) is 13.4. The number of amides is 1. The molecular weight excluding hydrogens is 180 g/mol. The number of carbonyl (C=O) groups is 1. The second kappa shape index (κ2) is 8.97. The van der Waals surface area contributed by atoms with Crippen LogP contribution in [0.1, 0.15) is 39.0 Å². The summed E-state index contributed by atoms with van der Waals surface area (Å²) < 4.78 is 0. The van der Waals surface area contributed by atoms with Crippen molar-refractivity contribution in [2.24, 2.45) is 5.73 Å². The van der Waals surface area contributed by atoms with Gasteiger partial charge in [-0.1, -0.05) is 13.3 Å². The van der Waals surface area contributed by atoms with Crippen molar-refractivity contribution in [2.45, 2.75) is 45.1 Å². The molecule has 0 bridgehead atoms. The van der Waals surface area contributed by atoms with Crippen LogP contribution >= 0.6 is 0 Å². The molecule has 0 fully saturated rings. The Kier molecular flexibility index (Phi) is 8.57. The number of unbranched alkanes of at least 4 members (excludes halogenated alkanes) is 2. The molecule has 0 spiro atoms. The molecule has 4 heteroatoms. The van der Waals surface area contributed by atoms with Crippen molar-refractivity contribution in [1.82, 2.24) is 5.32 Å². The van der Waals surface area contributed by atoms with Gasteiger partial charge in [-0.2, -0.15) is 0 Å². The van der Waals surface area contributed by atoms with Gasteiger partial charge in [-0.15, -0.1) is 0 Å². The van der Waals surface area contributed by atoms with Crippen molar-refractivity contribution in [3.63, 3.8) is 0 Å². The number of hydrogen-bond donors (Lipinski definition) is 3. The Bertz CT molecular complexity index is 147. The summed E-state index contributed by atoms with van der Waals surface area (Å²) in [6, 6.07) is -0.0861. The molecule has 0 heterocycles. The van der Waals surface area contributed by atoms with Crippen LogP contribution in [0.5, 0.6) is 0 Å². The second-order valence-electron chi connectivity index (χ2n) is 3.45. The van der Waals surface area contributed by atoms with Gasteiger partial charge in [0.1, 0.15) is 0 Å². The van der Waals surface area contributed by atoms with Crippen molar-refractivity contribution in [3.8, 4) is 0 Å². The van der Waals surface area contributed by atoms with Gasteiger partial charge in [0.2, 0.25) is 5.91 Å². The molecular formula is C10H22N2O2. The smallest absolute Gasteiger partial charge is 0.220 e. The van der Waals surface area contributed by atoms with Gasteiger partial charge in [0.05, 0.1) is 12.6 Å². The zero-order valence-electron chi connectivity index (χ0n) is 8.96. The van der Waals surface area contributed by atoms with Gasteiger partial charge in [0.15, 0.2) is 0 Å². The van der Waals surface area contributed by atoms with E-state index in [1.807, 2.05) is 6.92 Å². The molecule has 4 N–H and O–H groups in total. The highest BCUT2D eigenvalue weighted by atomic mass is 16.3. The molecule has 0 aliphatic heterocycles. The molecule has 0 aromatic carbocycles. The fourth-order valence-electron chi connectivity index (χ4n) is 1.18. The molecule has 0 aliphatic rings. The van der Waals surface area contributed by atoms with Crippen LogP contribution in [0.3, 0.4) is 0 Å². The van der Waals surface area contributed by atoms with Gasteiger partial charge >= 0.3 is 0 Å². The van der Waals surface area contributed by atoms with Crippen LogP contribution in [0.25, 0.3) is 0 Å². The predicted octanol–water partition coefficient (Wildman–Crippen LogP) is 0.393. The molecule has 0 saturated heterocycles. The number of carbonyl (C=O) groups excluding carboxylic acids is 1. The fourth-order valence-corrected chi connectivity index (χ4v) is 1.18. The van der Waals surface area contributed by atoms with Crippen LogP contribution in [0.15, 0.2) is 0 Å². The van der Waals surface area contributed by atoms with Crippen LogP contribution in [0, 0.1) is 0 Å². The van der Waals surface area contributed by atoms with Crippen LogP contribution in [-0.4, -0.2) is 30.2 Å². The van der Waals surface area contributed by atoms with Gasteiger partial charge < -0.3 is 16.2 Å². The maximum absolute atomic E-state index is 11.3. The van der Waals surface area contributed by atoms with E-state index in [9.17, 15) is 4.79 Å². The number of hydrogen-bond acceptors (Lipinski definition) is 3. The molecule has 1 atom stereocenters. The first-order valence-electron chi connectivity index (χ1n) is 5.34. The summed E-state index contributed by atoms with van der Waals surface area (Å²) in [6.45, 7) is 2.65. The third-order valence-corrected chi connectivity index (χ3v) is 2.19. The van der Waals surface area contributed by atoms with E-state index < -0.39 is 0 Å². The Hall–Kier alpha value is -0.610. The highest BCUT2D eigenvalue weighted by Gasteiger charge is 2.07. The minimum Gasteiger partial charge on any atom is -0.394 e. The quantitative estimate of drug-likeness (QED) is 0.498. The maximum atomic E-state index is 11.3. The SMILES string of the molecule is CC[C@@H](CO)NC(=O)CCCCCN. The monoisotopic (exact) mass is 202 g/mol. The topological polar surface area (TPSA) is 75.3 Å². The zero-order valence-corrected chi connectivity index (χ0v) is 8.96. The third kappa shape index (κ3) is 6.86. The molecule has 0 saturated carbocycles. The highest BCUT2D eigenvalue weighted by molar-refractivity contribution is 5.76. The Morgan fingerprint density at radius 1 is 1.43 bits per heavy atom. The van der Waals surface area contributed by atoms with Crippen LogP contribution in [-0.2, 0) is 4.79 Å². The normalized spacial score (nSPS) is 12.5. The van der Waals surface area contributed by atoms with Crippen molar-refractivity contribution in [2.75, 3.05) is 13.2 Å². The average Bonchev–Trinajstić information content (AvgIpc) is 2.21. The minimum absolute atomic E-state index is 0.0189. The highest BCUT2D eigenvalue weighted by Crippen LogP contribution is 1.99. The van der Waals surface area contributed by atoms with Crippen LogP contribution in [0.4, 0.5) is 0 Å². The second-order valence-corrected chi connectivity index (χ2v) is 3.45. The first-order valence-corrected chi connectivity index (χ1v) is 5.34. The van der Waals surface area contributed by atoms with Gasteiger partial charge in [0, 0.05) is 6.42 Å². The zero-order chi connectivity index (χ0) is 10.8. The molecule has 84 valence electrons. The molecule has 0 aromatic heterocycles. The Morgan fingerprint density at radius 3 is 2.64 bits per heavy atom. The summed E-state index contributed by atoms with van der Waals surface area (Å²) >= 11 is 0. The molecule has 0 aliphatic carbocycles. The van der Waals surface area contributed by atoms with Crippen LogP contribution < -0.4 is 11.1 Å². The summed E-state index contributed by atoms with van der Waals surface area (Å²) in [4.78, 5) is 11.3. The standard InChI is InChI=1S/C10H22N2O2/c1-2-9(8-13)12-10(14)6-4-3-5-7-11/h9,13H,2-8,11H2,1H3,(H,12,14)/t9-/m0/s1. The van der Waals surface area contributed by atoms with Crippen molar-refractivity contribution in [1.29, 1.82) is 0 Å². The summed E-state index contributed by atoms with van der Waals surface area (Å²) in [5.41, 5.74) is 5.34. The van der Waals surface area contributed by atoms with Crippen molar-refractivity contribution >= 4 is 5.91 Å². The van der Waals surface area contributed by atoms with E-state index in [0.717, 1.165) is 25.7 Å². The molecule has 0 aromatic rings. The Balaban J connectivity index is 3.44. The summed E-state index contributed by atoms with van der Waals surface area (Å²) in [5.74, 6) is 0.0305. The number of nitrogens with one attached hydrogen (secondary N) is 1. The van der Waals surface area contributed by atoms with E-state index in [2.05, 4.69) is 5.32 Å². The van der Waals surface area contributed by atoms with E-state index in [1.54, 1.807) is 0 Å². The third-order valence-electron chi connectivity index (χ3n) is 2.19. The first-order chi connectivity index (χ1) is 6.74. The Labute approximate surface area is 85.9 Å². The van der Waals surface area contributed by atoms with E-state index in [4.69, 9.17) is 10.8 Å². The van der Waals surface area contributed by atoms with Crippen molar-refractivity contribution in [3.05, 3.63) is 0 Å². The van der Waals surface area contributed by atoms with Gasteiger partial charge in [-0.3, -0.25) is 4.79 Å². The molecule has 1 amide bonds. The van der Waals surface area contributed by atoms with E-state index in [-0.39, 0.29) is 18.6 Å². The lowest BCUT2D eigenvalue weighted by molar-refractivity contribution is -0.122. The Morgan fingerprint density at radius 2 is 2.14 bits per heavy atom. The van der Waals surface area contributed by atoms with Gasteiger partial charge in [-0.05, 0) is 25.8 Å². The lowest BCUT2D eigenvalue weighted by Crippen LogP contribution is -2.36. The average molecular weight is 202 g/mol. The van der Waals surface area contributed by atoms with Crippen molar-refractivity contribution < 1.29 is 9.90 Å². The largest absolute Gasteiger partial charge is 0.394 e. The number of rotatable bonds is 8. The lowest BCUT2D eigenvalue weighted by atomic mass is 10.1. The summed E-state index contributed by atoms with van der Waals surface area (Å²) in [7, 11) is 0. The number of aliphatic hydroxyl groups is 1. The number of aliphatic hydroxyl groups excluding tert-OH is 1. The van der Waals surface area contributed by atoms with E-state index in [0.29, 0.717) is 13.0 Å². The maximum Gasteiger partial charge on any atom is 0.220 e. The van der Waals surface area contributed by atoms with Gasteiger partial charge in [0.25, 0.3) is 0 Å². The fraction of sp³-hybridized carbons (Fsp3) is 0.900. The summed E-state index contributed by atoms with van der Waals surface area (Å²) in [5, 5.41) is 11.6. The molecule has 4 nitrogen and oxygen atoms in total. The molecule has 14 heavy (non-hydrogen) atoms. The predicted molar refractivity (Wildman–Crippen MR) is 56.8 cm³/mol. The van der Waals surface area contributed by atoms with E-state index >= 15 is 0 Å². The number of nitrogens with two attached hydrogens (primary N) is 1. The molecule has 0 radical (unpaired) electrons. The van der Waals surface area contributed by atoms with Gasteiger partial charge in [-0.25, -0.2) is 0 Å². The molecule has 0 rings (SSSR count).